The minimum absolute atomic E-state index is 0.00164. The van der Waals surface area contributed by atoms with Gasteiger partial charge in [0.2, 0.25) is 0 Å². The molecule has 0 fully saturated rings. The zero-order chi connectivity index (χ0) is 16.7. The van der Waals surface area contributed by atoms with Gasteiger partial charge < -0.3 is 4.74 Å². The minimum Gasteiger partial charge on any atom is -0.457 e. The smallest absolute Gasteiger partial charge is 0.349 e. The first-order chi connectivity index (χ1) is 11.1. The summed E-state index contributed by atoms with van der Waals surface area (Å²) in [6, 6.07) is 19.1. The first-order valence-electron chi connectivity index (χ1n) is 7.53. The molecule has 0 unspecified atom stereocenters. The second-order valence-electron chi connectivity index (χ2n) is 5.55. The maximum Gasteiger partial charge on any atom is 0.349 e. The Hall–Kier alpha value is -2.86. The molecule has 0 aliphatic rings. The molecule has 3 heteroatoms. The van der Waals surface area contributed by atoms with E-state index < -0.39 is 5.97 Å². The Balaban J connectivity index is 2.06. The summed E-state index contributed by atoms with van der Waals surface area (Å²) < 4.78 is 5.19. The van der Waals surface area contributed by atoms with Gasteiger partial charge in [0.15, 0.2) is 0 Å². The second-order valence-corrected chi connectivity index (χ2v) is 5.55. The van der Waals surface area contributed by atoms with E-state index in [1.54, 1.807) is 6.08 Å². The van der Waals surface area contributed by atoms with Gasteiger partial charge >= 0.3 is 5.97 Å². The van der Waals surface area contributed by atoms with Crippen molar-refractivity contribution in [3.63, 3.8) is 0 Å². The molecule has 2 aromatic carbocycles. The van der Waals surface area contributed by atoms with Crippen LogP contribution in [0.5, 0.6) is 0 Å². The molecule has 23 heavy (non-hydrogen) atoms. The third-order valence-corrected chi connectivity index (χ3v) is 3.47. The number of rotatable bonds is 5. The first-order valence-corrected chi connectivity index (χ1v) is 7.53. The molecule has 116 valence electrons. The lowest BCUT2D eigenvalue weighted by Gasteiger charge is -2.06. The number of esters is 1. The first kappa shape index (κ1) is 16.5. The van der Waals surface area contributed by atoms with E-state index in [0.29, 0.717) is 5.92 Å². The standard InChI is InChI=1S/C20H19NO2/c1-15(2)18-10-8-16(9-11-18)12-19(13-21)20(22)23-14-17-6-4-3-5-7-17/h3-12,15H,14H2,1-2H3/b19-12-. The van der Waals surface area contributed by atoms with Crippen LogP contribution in [-0.4, -0.2) is 5.97 Å². The number of carbonyl (C=O) groups is 1. The monoisotopic (exact) mass is 305 g/mol. The predicted octanol–water partition coefficient (Wildman–Crippen LogP) is 4.46. The Bertz CT molecular complexity index is 722. The van der Waals surface area contributed by atoms with Gasteiger partial charge in [0, 0.05) is 0 Å². The van der Waals surface area contributed by atoms with Crippen molar-refractivity contribution in [2.24, 2.45) is 0 Å². The van der Waals surface area contributed by atoms with Gasteiger partial charge in [-0.3, -0.25) is 0 Å². The number of carbonyl (C=O) groups excluding carboxylic acids is 1. The van der Waals surface area contributed by atoms with Crippen molar-refractivity contribution in [3.8, 4) is 6.07 Å². The molecule has 2 rings (SSSR count). The van der Waals surface area contributed by atoms with Crippen molar-refractivity contribution in [2.45, 2.75) is 26.4 Å². The molecule has 0 amide bonds. The molecule has 0 atom stereocenters. The third-order valence-electron chi connectivity index (χ3n) is 3.47. The molecule has 0 bridgehead atoms. The molecule has 0 N–H and O–H groups in total. The van der Waals surface area contributed by atoms with Crippen molar-refractivity contribution < 1.29 is 9.53 Å². The van der Waals surface area contributed by atoms with Crippen molar-refractivity contribution in [1.82, 2.24) is 0 Å². The topological polar surface area (TPSA) is 50.1 Å². The van der Waals surface area contributed by atoms with Crippen LogP contribution >= 0.6 is 0 Å². The normalized spacial score (nSPS) is 11.1. The summed E-state index contributed by atoms with van der Waals surface area (Å²) in [4.78, 5) is 12.0. The van der Waals surface area contributed by atoms with E-state index in [1.807, 2.05) is 60.7 Å². The van der Waals surface area contributed by atoms with E-state index in [-0.39, 0.29) is 12.2 Å². The highest BCUT2D eigenvalue weighted by molar-refractivity contribution is 5.97. The lowest BCUT2D eigenvalue weighted by molar-refractivity contribution is -0.139. The maximum absolute atomic E-state index is 12.0. The Morgan fingerprint density at radius 1 is 1.13 bits per heavy atom. The van der Waals surface area contributed by atoms with Gasteiger partial charge in [0.1, 0.15) is 18.2 Å². The second kappa shape index (κ2) is 7.95. The lowest BCUT2D eigenvalue weighted by atomic mass is 10.0. The molecule has 0 radical (unpaired) electrons. The Morgan fingerprint density at radius 2 is 1.78 bits per heavy atom. The Morgan fingerprint density at radius 3 is 2.35 bits per heavy atom. The van der Waals surface area contributed by atoms with Gasteiger partial charge in [-0.15, -0.1) is 0 Å². The van der Waals surface area contributed by atoms with Crippen LogP contribution in [0.1, 0.15) is 36.5 Å². The van der Waals surface area contributed by atoms with Gasteiger partial charge in [0.05, 0.1) is 0 Å². The van der Waals surface area contributed by atoms with E-state index >= 15 is 0 Å². The quantitative estimate of drug-likeness (QED) is 0.465. The van der Waals surface area contributed by atoms with E-state index in [4.69, 9.17) is 4.74 Å². The maximum atomic E-state index is 12.0. The van der Waals surface area contributed by atoms with Crippen molar-refractivity contribution in [2.75, 3.05) is 0 Å². The van der Waals surface area contributed by atoms with Crippen LogP contribution in [0.15, 0.2) is 60.2 Å². The van der Waals surface area contributed by atoms with E-state index in [2.05, 4.69) is 13.8 Å². The Labute approximate surface area is 136 Å². The van der Waals surface area contributed by atoms with Crippen LogP contribution in [0.4, 0.5) is 0 Å². The summed E-state index contributed by atoms with van der Waals surface area (Å²) in [5.41, 5.74) is 2.91. The highest BCUT2D eigenvalue weighted by Crippen LogP contribution is 2.16. The number of nitriles is 1. The zero-order valence-electron chi connectivity index (χ0n) is 13.3. The highest BCUT2D eigenvalue weighted by Gasteiger charge is 2.11. The predicted molar refractivity (Wildman–Crippen MR) is 90.4 cm³/mol. The lowest BCUT2D eigenvalue weighted by Crippen LogP contribution is -2.06. The highest BCUT2D eigenvalue weighted by atomic mass is 16.5. The summed E-state index contributed by atoms with van der Waals surface area (Å²) in [6.07, 6.45) is 1.55. The SMILES string of the molecule is CC(C)c1ccc(/C=C(/C#N)C(=O)OCc2ccccc2)cc1. The molecule has 0 aliphatic carbocycles. The zero-order valence-corrected chi connectivity index (χ0v) is 13.3. The van der Waals surface area contributed by atoms with Gasteiger partial charge in [0.25, 0.3) is 0 Å². The van der Waals surface area contributed by atoms with Gasteiger partial charge in [-0.1, -0.05) is 68.4 Å². The van der Waals surface area contributed by atoms with Crippen LogP contribution in [0.25, 0.3) is 6.08 Å². The fraction of sp³-hybridized carbons (Fsp3) is 0.200. The minimum atomic E-state index is -0.607. The van der Waals surface area contributed by atoms with Crippen LogP contribution in [0.2, 0.25) is 0 Å². The Kier molecular flexibility index (Phi) is 5.71. The summed E-state index contributed by atoms with van der Waals surface area (Å²) in [5, 5.41) is 9.18. The third kappa shape index (κ3) is 4.82. The number of nitrogens with zero attached hydrogens (tertiary/aromatic N) is 1. The van der Waals surface area contributed by atoms with Crippen molar-refractivity contribution in [3.05, 3.63) is 76.9 Å². The van der Waals surface area contributed by atoms with E-state index in [9.17, 15) is 10.1 Å². The summed E-state index contributed by atoms with van der Waals surface area (Å²) in [6.45, 7) is 4.39. The van der Waals surface area contributed by atoms with Gasteiger partial charge in [-0.05, 0) is 28.7 Å². The van der Waals surface area contributed by atoms with Crippen molar-refractivity contribution >= 4 is 12.0 Å². The molecule has 0 saturated carbocycles. The number of hydrogen-bond donors (Lipinski definition) is 0. The van der Waals surface area contributed by atoms with Gasteiger partial charge in [-0.25, -0.2) is 4.79 Å². The summed E-state index contributed by atoms with van der Waals surface area (Å²) >= 11 is 0. The molecule has 0 spiro atoms. The molecule has 0 heterocycles. The van der Waals surface area contributed by atoms with Crippen molar-refractivity contribution in [1.29, 1.82) is 5.26 Å². The van der Waals surface area contributed by atoms with Crippen LogP contribution < -0.4 is 0 Å². The number of ether oxygens (including phenoxy) is 1. The average Bonchev–Trinajstić information content (AvgIpc) is 2.59. The van der Waals surface area contributed by atoms with E-state index in [1.165, 1.54) is 5.56 Å². The summed E-state index contributed by atoms with van der Waals surface area (Å²) in [5.74, 6) is -0.163. The average molecular weight is 305 g/mol. The van der Waals surface area contributed by atoms with Gasteiger partial charge in [-0.2, -0.15) is 5.26 Å². The number of benzene rings is 2. The van der Waals surface area contributed by atoms with Crippen LogP contribution in [-0.2, 0) is 16.1 Å². The molecular weight excluding hydrogens is 286 g/mol. The molecule has 0 aromatic heterocycles. The fourth-order valence-corrected chi connectivity index (χ4v) is 2.08. The molecule has 3 nitrogen and oxygen atoms in total. The number of hydrogen-bond acceptors (Lipinski definition) is 3. The summed E-state index contributed by atoms with van der Waals surface area (Å²) in [7, 11) is 0. The largest absolute Gasteiger partial charge is 0.457 e. The fourth-order valence-electron chi connectivity index (χ4n) is 2.08. The van der Waals surface area contributed by atoms with Crippen LogP contribution in [0.3, 0.4) is 0 Å². The molecular formula is C20H19NO2. The molecule has 2 aromatic rings. The van der Waals surface area contributed by atoms with E-state index in [0.717, 1.165) is 11.1 Å². The molecule has 0 aliphatic heterocycles. The molecule has 0 saturated heterocycles. The van der Waals surface area contributed by atoms with Crippen LogP contribution in [0, 0.1) is 11.3 Å².